The first-order valence-corrected chi connectivity index (χ1v) is 3.00. The molecule has 0 heterocycles. The van der Waals surface area contributed by atoms with Gasteiger partial charge < -0.3 is 5.14 Å². The molecular formula is HClNO2SY-. The third-order valence-electron chi connectivity index (χ3n) is 0. The van der Waals surface area contributed by atoms with Crippen LogP contribution in [0.1, 0.15) is 0 Å². The van der Waals surface area contributed by atoms with Gasteiger partial charge in [0, 0.05) is 32.7 Å². The Hall–Kier alpha value is 1.30. The SMILES string of the molecule is [NH-]S(=O)(=O)Cl.[Y]. The van der Waals surface area contributed by atoms with Crippen LogP contribution >= 0.6 is 10.7 Å². The van der Waals surface area contributed by atoms with Gasteiger partial charge in [-0.05, 0) is 10.7 Å². The molecule has 6 heavy (non-hydrogen) atoms. The molecule has 0 aliphatic heterocycles. The van der Waals surface area contributed by atoms with Crippen LogP contribution in [0.3, 0.4) is 0 Å². The van der Waals surface area contributed by atoms with Gasteiger partial charge >= 0.3 is 0 Å². The first-order chi connectivity index (χ1) is 2.00. The Balaban J connectivity index is 0. The molecular weight excluding hydrogens is 202 g/mol. The number of halogens is 1. The summed E-state index contributed by atoms with van der Waals surface area (Å²) in [6.07, 6.45) is 0. The molecule has 1 N–H and O–H groups in total. The molecule has 0 saturated heterocycles. The summed E-state index contributed by atoms with van der Waals surface area (Å²) in [5.41, 5.74) is 0. The summed E-state index contributed by atoms with van der Waals surface area (Å²) < 4.78 is 18.1. The summed E-state index contributed by atoms with van der Waals surface area (Å²) in [4.78, 5) is 0. The maximum absolute atomic E-state index is 9.06. The molecule has 0 fully saturated rings. The summed E-state index contributed by atoms with van der Waals surface area (Å²) in [7, 11) is 0.225. The molecule has 3 nitrogen and oxygen atoms in total. The van der Waals surface area contributed by atoms with Crippen molar-refractivity contribution < 1.29 is 41.1 Å². The van der Waals surface area contributed by atoms with Crippen LogP contribution in [-0.4, -0.2) is 8.42 Å². The van der Waals surface area contributed by atoms with E-state index in [0.29, 0.717) is 0 Å². The molecule has 0 aliphatic rings. The first-order valence-electron chi connectivity index (χ1n) is 0.692. The van der Waals surface area contributed by atoms with E-state index in [9.17, 15) is 0 Å². The molecule has 0 saturated carbocycles. The van der Waals surface area contributed by atoms with Crippen LogP contribution in [-0.2, 0) is 41.9 Å². The second-order valence-electron chi connectivity index (χ2n) is 0.438. The van der Waals surface area contributed by atoms with Crippen molar-refractivity contribution in [3.05, 3.63) is 5.14 Å². The van der Waals surface area contributed by atoms with E-state index in [4.69, 9.17) is 13.6 Å². The fraction of sp³-hybridized carbons (Fsp3) is 0. The van der Waals surface area contributed by atoms with E-state index in [1.165, 1.54) is 0 Å². The minimum absolute atomic E-state index is 0. The fourth-order valence-electron chi connectivity index (χ4n) is 0. The number of rotatable bonds is 0. The predicted molar refractivity (Wildman–Crippen MR) is 19.1 cm³/mol. The fourth-order valence-corrected chi connectivity index (χ4v) is 0. The quantitative estimate of drug-likeness (QED) is 0.539. The minimum atomic E-state index is -3.94. The van der Waals surface area contributed by atoms with Crippen molar-refractivity contribution in [2.24, 2.45) is 0 Å². The van der Waals surface area contributed by atoms with Crippen LogP contribution in [0.2, 0.25) is 0 Å². The summed E-state index contributed by atoms with van der Waals surface area (Å²) >= 11 is 0. The molecule has 0 spiro atoms. The molecule has 0 amide bonds. The predicted octanol–water partition coefficient (Wildman–Crippen LogP) is 0.520. The van der Waals surface area contributed by atoms with Gasteiger partial charge in [0.2, 0.25) is 0 Å². The Morgan fingerprint density at radius 2 is 1.50 bits per heavy atom. The van der Waals surface area contributed by atoms with Crippen LogP contribution in [0.15, 0.2) is 0 Å². The van der Waals surface area contributed by atoms with Gasteiger partial charge in [0.05, 0.1) is 0 Å². The van der Waals surface area contributed by atoms with Crippen molar-refractivity contribution >= 4 is 19.9 Å². The number of nitrogens with one attached hydrogen (secondary N) is 1. The number of hydrogen-bond donors (Lipinski definition) is 0. The second-order valence-corrected chi connectivity index (χ2v) is 2.53. The van der Waals surface area contributed by atoms with E-state index in [2.05, 4.69) is 10.7 Å². The molecule has 0 bridgehead atoms. The zero-order chi connectivity index (χ0) is 4.50. The van der Waals surface area contributed by atoms with Gasteiger partial charge in [-0.15, -0.1) is 0 Å². The van der Waals surface area contributed by atoms with Gasteiger partial charge in [0.15, 0.2) is 9.24 Å². The Bertz CT molecular complexity index is 96.7. The van der Waals surface area contributed by atoms with Crippen molar-refractivity contribution in [3.8, 4) is 0 Å². The molecule has 0 aromatic rings. The normalized spacial score (nSPS) is 9.67. The summed E-state index contributed by atoms with van der Waals surface area (Å²) in [5.74, 6) is 0. The second kappa shape index (κ2) is 3.32. The molecule has 0 aromatic carbocycles. The molecule has 6 heteroatoms. The molecule has 1 radical (unpaired) electrons. The van der Waals surface area contributed by atoms with Crippen molar-refractivity contribution in [3.63, 3.8) is 0 Å². The summed E-state index contributed by atoms with van der Waals surface area (Å²) in [6, 6.07) is 0. The van der Waals surface area contributed by atoms with Gasteiger partial charge in [0.1, 0.15) is 0 Å². The summed E-state index contributed by atoms with van der Waals surface area (Å²) in [5, 5.41) is 5.68. The van der Waals surface area contributed by atoms with Crippen LogP contribution < -0.4 is 0 Å². The average molecular weight is 203 g/mol. The van der Waals surface area contributed by atoms with E-state index in [1.807, 2.05) is 0 Å². The van der Waals surface area contributed by atoms with Crippen LogP contribution in [0, 0.1) is 0 Å². The van der Waals surface area contributed by atoms with Crippen LogP contribution in [0.4, 0.5) is 0 Å². The van der Waals surface area contributed by atoms with Gasteiger partial charge in [-0.1, -0.05) is 0 Å². The first kappa shape index (κ1) is 10.3. The zero-order valence-corrected chi connectivity index (χ0v) is 7.09. The van der Waals surface area contributed by atoms with Crippen LogP contribution in [0.25, 0.3) is 5.14 Å². The van der Waals surface area contributed by atoms with Crippen molar-refractivity contribution in [2.75, 3.05) is 0 Å². The summed E-state index contributed by atoms with van der Waals surface area (Å²) in [6.45, 7) is 0. The smallest absolute Gasteiger partial charge is 0.154 e. The van der Waals surface area contributed by atoms with Crippen molar-refractivity contribution in [2.45, 2.75) is 0 Å². The standard InChI is InChI=1S/ClHNO2S.Y/c1-5(2,3)4;/h(H-,2,3,4);/q-1;. The maximum Gasteiger partial charge on any atom is 0.154 e. The Morgan fingerprint density at radius 3 is 1.50 bits per heavy atom. The van der Waals surface area contributed by atoms with Gasteiger partial charge in [-0.2, -0.15) is 0 Å². The van der Waals surface area contributed by atoms with Crippen molar-refractivity contribution in [1.29, 1.82) is 0 Å². The average Bonchev–Trinajstić information content (AvgIpc) is 0.722. The van der Waals surface area contributed by atoms with Gasteiger partial charge in [-0.3, -0.25) is 0 Å². The molecule has 35 valence electrons. The third kappa shape index (κ3) is 57.8. The minimum Gasteiger partial charge on any atom is -0.550 e. The van der Waals surface area contributed by atoms with Gasteiger partial charge in [-0.25, -0.2) is 8.42 Å². The Kier molecular flexibility index (Phi) is 5.72. The molecule has 0 rings (SSSR count). The molecule has 0 atom stereocenters. The monoisotopic (exact) mass is 203 g/mol. The molecule has 0 aromatic heterocycles. The molecule has 0 aliphatic carbocycles. The van der Waals surface area contributed by atoms with E-state index < -0.39 is 9.24 Å². The van der Waals surface area contributed by atoms with Crippen LogP contribution in [0.5, 0.6) is 0 Å². The van der Waals surface area contributed by atoms with E-state index in [0.717, 1.165) is 0 Å². The van der Waals surface area contributed by atoms with E-state index in [1.54, 1.807) is 0 Å². The zero-order valence-electron chi connectivity index (χ0n) is 2.68. The largest absolute Gasteiger partial charge is 0.550 e. The third-order valence-corrected chi connectivity index (χ3v) is 0. The topological polar surface area (TPSA) is 57.9 Å². The Labute approximate surface area is 65.7 Å². The van der Waals surface area contributed by atoms with Crippen molar-refractivity contribution in [1.82, 2.24) is 0 Å². The maximum atomic E-state index is 9.06. The number of hydrogen-bond acceptors (Lipinski definition) is 2. The molecule has 0 unspecified atom stereocenters. The Morgan fingerprint density at radius 1 is 1.50 bits per heavy atom. The van der Waals surface area contributed by atoms with E-state index >= 15 is 0 Å². The van der Waals surface area contributed by atoms with E-state index in [-0.39, 0.29) is 32.7 Å². The van der Waals surface area contributed by atoms with Gasteiger partial charge in [0.25, 0.3) is 0 Å².